The Morgan fingerprint density at radius 1 is 1.47 bits per heavy atom. The van der Waals surface area contributed by atoms with Crippen LogP contribution in [-0.2, 0) is 10.0 Å². The molecule has 0 saturated carbocycles. The first-order valence-electron chi connectivity index (χ1n) is 6.02. The second-order valence-corrected chi connectivity index (χ2v) is 5.87. The van der Waals surface area contributed by atoms with E-state index >= 15 is 0 Å². The van der Waals surface area contributed by atoms with Crippen molar-refractivity contribution in [1.82, 2.24) is 14.1 Å². The molecule has 0 saturated heterocycles. The fourth-order valence-electron chi connectivity index (χ4n) is 1.82. The van der Waals surface area contributed by atoms with E-state index in [1.165, 1.54) is 0 Å². The number of methoxy groups -OCH3 is 1. The maximum atomic E-state index is 12.2. The first-order chi connectivity index (χ1) is 8.99. The summed E-state index contributed by atoms with van der Waals surface area (Å²) < 4.78 is 33.8. The number of imidazole rings is 1. The van der Waals surface area contributed by atoms with Gasteiger partial charge < -0.3 is 9.14 Å². The maximum absolute atomic E-state index is 12.2. The van der Waals surface area contributed by atoms with Gasteiger partial charge in [0, 0.05) is 18.8 Å². The van der Waals surface area contributed by atoms with Gasteiger partial charge in [0.1, 0.15) is 11.6 Å². The largest absolute Gasteiger partial charge is 0.497 e. The van der Waals surface area contributed by atoms with E-state index in [2.05, 4.69) is 9.71 Å². The predicted octanol–water partition coefficient (Wildman–Crippen LogP) is 1.34. The number of rotatable bonds is 5. The summed E-state index contributed by atoms with van der Waals surface area (Å²) >= 11 is 0. The summed E-state index contributed by atoms with van der Waals surface area (Å²) in [5.41, 5.74) is 0.514. The van der Waals surface area contributed by atoms with Crippen LogP contribution in [0.4, 0.5) is 0 Å². The summed E-state index contributed by atoms with van der Waals surface area (Å²) in [4.78, 5) is 4.15. The van der Waals surface area contributed by atoms with Crippen LogP contribution < -0.4 is 9.46 Å². The molecule has 2 heterocycles. The van der Waals surface area contributed by atoms with Gasteiger partial charge in [0.2, 0.25) is 0 Å². The number of nitrogens with one attached hydrogen (secondary N) is 1. The second-order valence-electron chi connectivity index (χ2n) is 4.18. The molecule has 0 atom stereocenters. The van der Waals surface area contributed by atoms with Crippen molar-refractivity contribution in [1.29, 1.82) is 0 Å². The van der Waals surface area contributed by atoms with Gasteiger partial charge in [-0.1, -0.05) is 6.92 Å². The summed E-state index contributed by atoms with van der Waals surface area (Å²) in [5.74, 6) is 1.22. The molecule has 0 spiro atoms. The number of aromatic nitrogens is 2. The molecule has 1 N–H and O–H groups in total. The molecule has 0 amide bonds. The minimum absolute atomic E-state index is 0.0392. The smallest absolute Gasteiger partial charge is 0.260 e. The summed E-state index contributed by atoms with van der Waals surface area (Å²) in [5, 5.41) is 0.0392. The molecule has 0 radical (unpaired) electrons. The Balaban J connectivity index is 2.60. The van der Waals surface area contributed by atoms with Gasteiger partial charge in [0.25, 0.3) is 10.0 Å². The third kappa shape index (κ3) is 2.57. The molecule has 2 rings (SSSR count). The molecule has 0 bridgehead atoms. The highest BCUT2D eigenvalue weighted by molar-refractivity contribution is 7.89. The predicted molar refractivity (Wildman–Crippen MR) is 72.0 cm³/mol. The molecule has 0 aliphatic carbocycles. The van der Waals surface area contributed by atoms with E-state index in [1.54, 1.807) is 36.8 Å². The van der Waals surface area contributed by atoms with Crippen molar-refractivity contribution in [3.8, 4) is 5.75 Å². The zero-order valence-electron chi connectivity index (χ0n) is 11.2. The lowest BCUT2D eigenvalue weighted by Crippen LogP contribution is -2.24. The van der Waals surface area contributed by atoms with Crippen molar-refractivity contribution < 1.29 is 13.2 Å². The zero-order chi connectivity index (χ0) is 14.0. The molecule has 0 aromatic carbocycles. The highest BCUT2D eigenvalue weighted by Crippen LogP contribution is 2.22. The van der Waals surface area contributed by atoms with Gasteiger partial charge in [-0.3, -0.25) is 0 Å². The van der Waals surface area contributed by atoms with Crippen molar-refractivity contribution in [2.24, 2.45) is 0 Å². The Labute approximate surface area is 112 Å². The normalized spacial score (nSPS) is 11.9. The van der Waals surface area contributed by atoms with Gasteiger partial charge in [-0.25, -0.2) is 18.1 Å². The number of nitrogens with zero attached hydrogens (tertiary/aromatic N) is 2. The minimum atomic E-state index is -3.59. The number of hydrogen-bond donors (Lipinski definition) is 1. The number of fused-ring (bicyclic) bond motifs is 1. The quantitative estimate of drug-likeness (QED) is 0.898. The van der Waals surface area contributed by atoms with Crippen molar-refractivity contribution in [3.05, 3.63) is 24.2 Å². The molecule has 0 fully saturated rings. The average Bonchev–Trinajstić information content (AvgIpc) is 2.74. The second kappa shape index (κ2) is 5.18. The van der Waals surface area contributed by atoms with Crippen molar-refractivity contribution in [2.45, 2.75) is 25.3 Å². The van der Waals surface area contributed by atoms with Gasteiger partial charge in [-0.2, -0.15) is 0 Å². The lowest BCUT2D eigenvalue weighted by Gasteiger charge is -2.04. The van der Waals surface area contributed by atoms with Crippen LogP contribution in [0, 0.1) is 6.92 Å². The highest BCUT2D eigenvalue weighted by atomic mass is 32.2. The maximum Gasteiger partial charge on any atom is 0.260 e. The van der Waals surface area contributed by atoms with Gasteiger partial charge in [0.05, 0.1) is 12.6 Å². The van der Waals surface area contributed by atoms with E-state index in [-0.39, 0.29) is 5.03 Å². The first-order valence-corrected chi connectivity index (χ1v) is 7.50. The summed E-state index contributed by atoms with van der Waals surface area (Å²) in [6.45, 7) is 4.06. The lowest BCUT2D eigenvalue weighted by atomic mass is 10.4. The molecule has 2 aromatic rings. The molecule has 0 aliphatic rings. The molecule has 104 valence electrons. The minimum Gasteiger partial charge on any atom is -0.497 e. The molecule has 7 heteroatoms. The lowest BCUT2D eigenvalue weighted by molar-refractivity contribution is 0.414. The molecule has 0 aliphatic heterocycles. The van der Waals surface area contributed by atoms with E-state index in [1.807, 2.05) is 6.92 Å². The average molecular weight is 283 g/mol. The Bertz CT molecular complexity index is 692. The van der Waals surface area contributed by atoms with E-state index in [0.717, 1.165) is 6.42 Å². The van der Waals surface area contributed by atoms with Crippen LogP contribution in [0.15, 0.2) is 23.4 Å². The molecule has 2 aromatic heterocycles. The van der Waals surface area contributed by atoms with E-state index in [0.29, 0.717) is 23.6 Å². The van der Waals surface area contributed by atoms with Crippen LogP contribution in [0.25, 0.3) is 5.52 Å². The molecule has 19 heavy (non-hydrogen) atoms. The van der Waals surface area contributed by atoms with E-state index in [4.69, 9.17) is 4.74 Å². The number of sulfonamides is 1. The Morgan fingerprint density at radius 3 is 2.84 bits per heavy atom. The topological polar surface area (TPSA) is 72.7 Å². The number of aryl methyl sites for hydroxylation is 1. The monoisotopic (exact) mass is 283 g/mol. The summed E-state index contributed by atoms with van der Waals surface area (Å²) in [7, 11) is -2.05. The van der Waals surface area contributed by atoms with Gasteiger partial charge >= 0.3 is 0 Å². The first kappa shape index (κ1) is 13.8. The van der Waals surface area contributed by atoms with Crippen LogP contribution in [0.5, 0.6) is 5.75 Å². The van der Waals surface area contributed by atoms with Gasteiger partial charge in [-0.05, 0) is 19.4 Å². The fourth-order valence-corrected chi connectivity index (χ4v) is 3.11. The third-order valence-electron chi connectivity index (χ3n) is 2.79. The summed E-state index contributed by atoms with van der Waals surface area (Å²) in [6, 6.07) is 3.43. The Morgan fingerprint density at radius 2 is 2.21 bits per heavy atom. The third-order valence-corrected chi connectivity index (χ3v) is 4.18. The zero-order valence-corrected chi connectivity index (χ0v) is 12.0. The van der Waals surface area contributed by atoms with Crippen LogP contribution >= 0.6 is 0 Å². The molecule has 0 unspecified atom stereocenters. The van der Waals surface area contributed by atoms with E-state index in [9.17, 15) is 8.42 Å². The molecular weight excluding hydrogens is 266 g/mol. The molecular formula is C12H17N3O3S. The highest BCUT2D eigenvalue weighted by Gasteiger charge is 2.21. The SMILES string of the molecule is CCCNS(=O)(=O)c1nc(C)n2ccc(OC)cc12. The fraction of sp³-hybridized carbons (Fsp3) is 0.417. The standard InChI is InChI=1S/C12H17N3O3S/c1-4-6-13-19(16,17)12-11-8-10(18-3)5-7-15(11)9(2)14-12/h5,7-8,13H,4,6H2,1-3H3. The van der Waals surface area contributed by atoms with Crippen LogP contribution in [0.1, 0.15) is 19.2 Å². The van der Waals surface area contributed by atoms with E-state index < -0.39 is 10.0 Å². The van der Waals surface area contributed by atoms with Crippen molar-refractivity contribution in [2.75, 3.05) is 13.7 Å². The summed E-state index contributed by atoms with van der Waals surface area (Å²) in [6.07, 6.45) is 2.47. The molecule has 6 nitrogen and oxygen atoms in total. The van der Waals surface area contributed by atoms with Gasteiger partial charge in [-0.15, -0.1) is 0 Å². The van der Waals surface area contributed by atoms with Crippen molar-refractivity contribution >= 4 is 15.5 Å². The van der Waals surface area contributed by atoms with Crippen LogP contribution in [-0.4, -0.2) is 31.5 Å². The van der Waals surface area contributed by atoms with Crippen LogP contribution in [0.2, 0.25) is 0 Å². The number of hydrogen-bond acceptors (Lipinski definition) is 4. The Kier molecular flexibility index (Phi) is 3.77. The van der Waals surface area contributed by atoms with Crippen molar-refractivity contribution in [3.63, 3.8) is 0 Å². The number of pyridine rings is 1. The van der Waals surface area contributed by atoms with Crippen LogP contribution in [0.3, 0.4) is 0 Å². The Hall–Kier alpha value is -1.60. The van der Waals surface area contributed by atoms with Gasteiger partial charge in [0.15, 0.2) is 5.03 Å². The number of ether oxygens (including phenoxy) is 1.